The maximum atomic E-state index is 10.7. The fraction of sp³-hybridized carbons (Fsp3) is 0.0943. The van der Waals surface area contributed by atoms with E-state index in [4.69, 9.17) is 13.0 Å². The van der Waals surface area contributed by atoms with Gasteiger partial charge in [0, 0.05) is 20.4 Å². The van der Waals surface area contributed by atoms with Gasteiger partial charge in [-0.3, -0.25) is 0 Å². The molecule has 0 spiro atoms. The van der Waals surface area contributed by atoms with Crippen LogP contribution in [-0.2, 0) is 30.5 Å². The van der Waals surface area contributed by atoms with Gasteiger partial charge in [0.15, 0.2) is 10.1 Å². The van der Waals surface area contributed by atoms with E-state index < -0.39 is 15.6 Å². The molecule has 8 aromatic carbocycles. The van der Waals surface area contributed by atoms with Crippen molar-refractivity contribution >= 4 is 84.2 Å². The van der Waals surface area contributed by atoms with Gasteiger partial charge in [-0.15, -0.1) is 0 Å². The van der Waals surface area contributed by atoms with Gasteiger partial charge in [-0.1, -0.05) is 243 Å². The molecular weight excluding hydrogens is 1000 g/mol. The Morgan fingerprint density at radius 3 is 0.508 bits per heavy atom. The number of hydrogen-bond donors (Lipinski definition) is 0. The third-order valence-corrected chi connectivity index (χ3v) is 21.2. The molecule has 0 aliphatic heterocycles. The van der Waals surface area contributed by atoms with Crippen LogP contribution in [0.1, 0.15) is 0 Å². The van der Waals surface area contributed by atoms with E-state index in [9.17, 15) is 13.2 Å². The Labute approximate surface area is 401 Å². The Morgan fingerprint density at radius 2 is 0.415 bits per heavy atom. The number of halogens is 3. The summed E-state index contributed by atoms with van der Waals surface area (Å²) in [5.74, 6) is 0. The Balaban J connectivity index is 0.000000207. The second kappa shape index (κ2) is 26.9. The molecule has 12 heteroatoms. The van der Waals surface area contributed by atoms with Crippen LogP contribution in [0.2, 0.25) is 0 Å². The van der Waals surface area contributed by atoms with Crippen LogP contribution in [0.3, 0.4) is 0 Å². The number of alkyl halides is 3. The summed E-state index contributed by atoms with van der Waals surface area (Å²) in [5.41, 5.74) is -5.65. The third kappa shape index (κ3) is 16.3. The third-order valence-electron chi connectivity index (χ3n) is 9.92. The van der Waals surface area contributed by atoms with Crippen molar-refractivity contribution in [2.45, 2.75) is 5.51 Å². The van der Waals surface area contributed by atoms with Gasteiger partial charge in [0.25, 0.3) is 0 Å². The second-order valence-corrected chi connectivity index (χ2v) is 24.9. The summed E-state index contributed by atoms with van der Waals surface area (Å²) in [6.45, 7) is 0. The molecule has 0 N–H and O–H groups in total. The molecule has 0 heterocycles. The molecule has 0 radical (unpaired) electrons. The summed E-state index contributed by atoms with van der Waals surface area (Å²) < 4.78 is 58.9. The zero-order valence-corrected chi connectivity index (χ0v) is 41.2. The van der Waals surface area contributed by atoms with E-state index in [1.807, 2.05) is 0 Å². The number of hydrogen-bond acceptors (Lipinski definition) is 3. The van der Waals surface area contributed by atoms with Crippen molar-refractivity contribution in [3.05, 3.63) is 243 Å². The van der Waals surface area contributed by atoms with Crippen LogP contribution in [0.4, 0.5) is 13.2 Å². The molecular formula is C53H48F3O3P4PdS-. The summed E-state index contributed by atoms with van der Waals surface area (Å²) in [7, 11) is -7.48. The van der Waals surface area contributed by atoms with Crippen molar-refractivity contribution in [2.75, 3.05) is 24.6 Å². The standard InChI is InChI=1S/2C26H24P2.CHF3O3S.Pd/c2*1-5-13-23(14-6-1)27(24-15-7-2-8-16-24)21-22-28(25-17-9-3-10-18-25)26-19-11-4-12-20-26;2-1(3,4)8(5,6)7;/h2*1-20H,21-22H2;(H,5,6,7);/p-1. The van der Waals surface area contributed by atoms with Gasteiger partial charge in [0.1, 0.15) is 0 Å². The van der Waals surface area contributed by atoms with E-state index in [1.54, 1.807) is 0 Å². The van der Waals surface area contributed by atoms with Gasteiger partial charge in [0.05, 0.1) is 0 Å². The quantitative estimate of drug-likeness (QED) is 0.0472. The van der Waals surface area contributed by atoms with Crippen molar-refractivity contribution in [1.82, 2.24) is 0 Å². The first kappa shape index (κ1) is 51.8. The minimum atomic E-state index is -6.09. The van der Waals surface area contributed by atoms with Crippen LogP contribution in [0.5, 0.6) is 0 Å². The van der Waals surface area contributed by atoms with Gasteiger partial charge < -0.3 is 4.55 Å². The summed E-state index contributed by atoms with van der Waals surface area (Å²) in [4.78, 5) is 0. The van der Waals surface area contributed by atoms with Gasteiger partial charge in [-0.05, 0) is 98.8 Å². The molecule has 0 atom stereocenters. The van der Waals surface area contributed by atoms with Crippen molar-refractivity contribution in [2.24, 2.45) is 0 Å². The van der Waals surface area contributed by atoms with Crippen LogP contribution < -0.4 is 42.4 Å². The first-order valence-corrected chi connectivity index (χ1v) is 28.1. The molecule has 336 valence electrons. The Kier molecular flexibility index (Phi) is 21.4. The summed E-state index contributed by atoms with van der Waals surface area (Å²) in [6.07, 6.45) is 4.83. The minimum absolute atomic E-state index is 0. The van der Waals surface area contributed by atoms with Crippen LogP contribution in [0.15, 0.2) is 243 Å². The molecule has 0 aliphatic carbocycles. The molecule has 0 saturated carbocycles. The molecule has 8 aromatic rings. The molecule has 3 nitrogen and oxygen atoms in total. The van der Waals surface area contributed by atoms with E-state index in [0.29, 0.717) is 0 Å². The fourth-order valence-corrected chi connectivity index (χ4v) is 17.6. The second-order valence-electron chi connectivity index (χ2n) is 14.2. The topological polar surface area (TPSA) is 57.2 Å². The van der Waals surface area contributed by atoms with Gasteiger partial charge in [0.2, 0.25) is 0 Å². The van der Waals surface area contributed by atoms with Crippen molar-refractivity contribution < 1.29 is 46.6 Å². The van der Waals surface area contributed by atoms with E-state index in [0.717, 1.165) is 0 Å². The SMILES string of the molecule is O=S(=O)([O-])C(F)(F)F.[Pd].c1ccc(P(CCP(c2ccccc2)c2ccccc2)c2ccccc2)cc1.c1ccc(P(CCP(c2ccccc2)c2ccccc2)c2ccccc2)cc1. The van der Waals surface area contributed by atoms with E-state index in [-0.39, 0.29) is 52.1 Å². The normalized spacial score (nSPS) is 11.3. The Bertz CT molecular complexity index is 2140. The maximum Gasteiger partial charge on any atom is 0.485 e. The summed E-state index contributed by atoms with van der Waals surface area (Å²) in [5, 5.41) is 11.8. The molecule has 0 unspecified atom stereocenters. The van der Waals surface area contributed by atoms with Crippen LogP contribution in [-0.4, -0.2) is 43.1 Å². The monoisotopic (exact) mass is 1050 g/mol. The average Bonchev–Trinajstić information content (AvgIpc) is 3.34. The van der Waals surface area contributed by atoms with Crippen molar-refractivity contribution in [3.63, 3.8) is 0 Å². The predicted molar refractivity (Wildman–Crippen MR) is 272 cm³/mol. The minimum Gasteiger partial charge on any atom is -0.741 e. The summed E-state index contributed by atoms with van der Waals surface area (Å²) in [6, 6.07) is 88.4. The Hall–Kier alpha value is -4.16. The van der Waals surface area contributed by atoms with Gasteiger partial charge in [-0.2, -0.15) is 13.2 Å². The van der Waals surface area contributed by atoms with Crippen LogP contribution in [0, 0.1) is 0 Å². The van der Waals surface area contributed by atoms with E-state index >= 15 is 0 Å². The first-order chi connectivity index (χ1) is 31.1. The smallest absolute Gasteiger partial charge is 0.485 e. The molecule has 0 fully saturated rings. The predicted octanol–water partition coefficient (Wildman–Crippen LogP) is 10.6. The maximum absolute atomic E-state index is 10.7. The van der Waals surface area contributed by atoms with Crippen molar-refractivity contribution in [1.29, 1.82) is 0 Å². The molecule has 0 saturated heterocycles. The number of benzene rings is 8. The fourth-order valence-electron chi connectivity index (χ4n) is 6.89. The zero-order valence-electron chi connectivity index (χ0n) is 35.3. The molecule has 8 rings (SSSR count). The summed E-state index contributed by atoms with van der Waals surface area (Å²) >= 11 is 0. The van der Waals surface area contributed by atoms with Gasteiger partial charge >= 0.3 is 5.51 Å². The number of rotatable bonds is 14. The molecule has 0 bridgehead atoms. The Morgan fingerprint density at radius 1 is 0.308 bits per heavy atom. The molecule has 0 amide bonds. The van der Waals surface area contributed by atoms with E-state index in [2.05, 4.69) is 243 Å². The van der Waals surface area contributed by atoms with Crippen LogP contribution >= 0.6 is 31.7 Å². The van der Waals surface area contributed by atoms with Gasteiger partial charge in [-0.25, -0.2) is 8.42 Å². The molecule has 0 aromatic heterocycles. The molecule has 0 aliphatic rings. The first-order valence-electron chi connectivity index (χ1n) is 20.6. The van der Waals surface area contributed by atoms with Crippen LogP contribution in [0.25, 0.3) is 0 Å². The largest absolute Gasteiger partial charge is 0.741 e. The van der Waals surface area contributed by atoms with Crippen molar-refractivity contribution in [3.8, 4) is 0 Å². The average molecular weight is 1050 g/mol. The van der Waals surface area contributed by atoms with E-state index in [1.165, 1.54) is 67.1 Å². The molecule has 65 heavy (non-hydrogen) atoms. The zero-order chi connectivity index (χ0) is 45.0.